The predicted molar refractivity (Wildman–Crippen MR) is 70.0 cm³/mol. The third-order valence-electron chi connectivity index (χ3n) is 2.60. The largest absolute Gasteiger partial charge is 0.360 e. The van der Waals surface area contributed by atoms with Crippen LogP contribution in [0.3, 0.4) is 0 Å². The van der Waals surface area contributed by atoms with E-state index in [4.69, 9.17) is 0 Å². The average molecular weight is 237 g/mol. The van der Waals surface area contributed by atoms with Crippen molar-refractivity contribution in [2.24, 2.45) is 0 Å². The lowest BCUT2D eigenvalue weighted by Crippen LogP contribution is -1.69. The van der Waals surface area contributed by atoms with Crippen molar-refractivity contribution >= 4 is 21.8 Å². The number of fused-ring (bicyclic) bond motifs is 2. The molecule has 0 atom stereocenters. The van der Waals surface area contributed by atoms with Crippen molar-refractivity contribution in [1.29, 1.82) is 0 Å². The smallest absolute Gasteiger partial charge is 0.0833 e. The molecule has 0 unspecified atom stereocenters. The van der Waals surface area contributed by atoms with Crippen molar-refractivity contribution < 1.29 is 0 Å². The van der Waals surface area contributed by atoms with Crippen molar-refractivity contribution in [3.63, 3.8) is 0 Å². The van der Waals surface area contributed by atoms with Crippen LogP contribution in [0, 0.1) is 0 Å². The molecule has 4 heterocycles. The van der Waals surface area contributed by atoms with Crippen molar-refractivity contribution in [3.8, 4) is 0 Å². The summed E-state index contributed by atoms with van der Waals surface area (Å²) in [5, 5.41) is 8.96. The summed E-state index contributed by atoms with van der Waals surface area (Å²) in [7, 11) is 0. The zero-order valence-electron chi connectivity index (χ0n) is 9.54. The molecule has 0 radical (unpaired) electrons. The van der Waals surface area contributed by atoms with Crippen LogP contribution in [0.2, 0.25) is 0 Å². The summed E-state index contributed by atoms with van der Waals surface area (Å²) in [6.45, 7) is 0. The summed E-state index contributed by atoms with van der Waals surface area (Å²) in [6.07, 6.45) is 10.8. The molecule has 0 spiro atoms. The fourth-order valence-corrected chi connectivity index (χ4v) is 1.67. The Labute approximate surface area is 103 Å². The number of hydrogen-bond donors (Lipinski definition) is 2. The van der Waals surface area contributed by atoms with Gasteiger partial charge in [0.25, 0.3) is 0 Å². The molecule has 18 heavy (non-hydrogen) atoms. The van der Waals surface area contributed by atoms with Crippen LogP contribution >= 0.6 is 0 Å². The minimum absolute atomic E-state index is 0.984. The van der Waals surface area contributed by atoms with Gasteiger partial charge in [0.2, 0.25) is 0 Å². The molecule has 5 nitrogen and oxygen atoms in total. The lowest BCUT2D eigenvalue weighted by Gasteiger charge is -1.82. The minimum Gasteiger partial charge on any atom is -0.360 e. The minimum atomic E-state index is 0.984. The molecule has 88 valence electrons. The Morgan fingerprint density at radius 3 is 2.33 bits per heavy atom. The first-order valence-electron chi connectivity index (χ1n) is 5.54. The van der Waals surface area contributed by atoms with Crippen LogP contribution in [0.4, 0.5) is 0 Å². The maximum Gasteiger partial charge on any atom is 0.0833 e. The summed E-state index contributed by atoms with van der Waals surface area (Å²) in [5.74, 6) is 0. The van der Waals surface area contributed by atoms with E-state index in [2.05, 4.69) is 25.1 Å². The number of aromatic nitrogens is 5. The number of nitrogens with zero attached hydrogens (tertiary/aromatic N) is 3. The Morgan fingerprint density at radius 2 is 1.56 bits per heavy atom. The molecule has 0 saturated heterocycles. The van der Waals surface area contributed by atoms with Gasteiger partial charge in [-0.05, 0) is 18.2 Å². The van der Waals surface area contributed by atoms with Gasteiger partial charge in [-0.25, -0.2) is 0 Å². The molecule has 2 N–H and O–H groups in total. The van der Waals surface area contributed by atoms with Crippen LogP contribution in [-0.2, 0) is 0 Å². The van der Waals surface area contributed by atoms with E-state index in [0.29, 0.717) is 0 Å². The van der Waals surface area contributed by atoms with Gasteiger partial charge in [-0.2, -0.15) is 5.10 Å². The Balaban J connectivity index is 0.000000111. The molecular weight excluding hydrogens is 226 g/mol. The fourth-order valence-electron chi connectivity index (χ4n) is 1.67. The first-order chi connectivity index (χ1) is 8.93. The predicted octanol–water partition coefficient (Wildman–Crippen LogP) is 2.52. The Bertz CT molecular complexity index is 629. The number of rotatable bonds is 0. The van der Waals surface area contributed by atoms with Gasteiger partial charge in [-0.3, -0.25) is 15.1 Å². The first-order valence-corrected chi connectivity index (χ1v) is 5.54. The van der Waals surface area contributed by atoms with Crippen molar-refractivity contribution in [1.82, 2.24) is 25.1 Å². The SMILES string of the molecule is c1cc2cc[nH]c2cn1.c1cc2cn[nH]c2cn1. The highest BCUT2D eigenvalue weighted by atomic mass is 15.1. The highest BCUT2D eigenvalue weighted by Gasteiger charge is 1.89. The van der Waals surface area contributed by atoms with Gasteiger partial charge in [0.05, 0.1) is 29.6 Å². The van der Waals surface area contributed by atoms with E-state index >= 15 is 0 Å². The number of H-pyrrole nitrogens is 2. The third-order valence-corrected chi connectivity index (χ3v) is 2.60. The topological polar surface area (TPSA) is 70.2 Å². The van der Waals surface area contributed by atoms with E-state index in [1.165, 1.54) is 5.39 Å². The monoisotopic (exact) mass is 237 g/mol. The molecule has 0 aromatic carbocycles. The van der Waals surface area contributed by atoms with Crippen molar-refractivity contribution in [3.05, 3.63) is 55.4 Å². The zero-order valence-corrected chi connectivity index (χ0v) is 9.54. The molecule has 0 aliphatic carbocycles. The van der Waals surface area contributed by atoms with Crippen LogP contribution in [-0.4, -0.2) is 25.1 Å². The highest BCUT2D eigenvalue weighted by molar-refractivity contribution is 5.77. The number of hydrogen-bond acceptors (Lipinski definition) is 3. The molecule has 4 aromatic heterocycles. The molecule has 0 aliphatic heterocycles. The van der Waals surface area contributed by atoms with E-state index < -0.39 is 0 Å². The van der Waals surface area contributed by atoms with E-state index in [1.54, 1.807) is 24.8 Å². The van der Waals surface area contributed by atoms with E-state index in [0.717, 1.165) is 16.4 Å². The summed E-state index contributed by atoms with van der Waals surface area (Å²) in [6, 6.07) is 5.92. The van der Waals surface area contributed by atoms with E-state index in [-0.39, 0.29) is 0 Å². The van der Waals surface area contributed by atoms with Crippen molar-refractivity contribution in [2.45, 2.75) is 0 Å². The maximum atomic E-state index is 3.95. The summed E-state index contributed by atoms with van der Waals surface area (Å²) in [5.41, 5.74) is 2.08. The van der Waals surface area contributed by atoms with Crippen LogP contribution in [0.15, 0.2) is 55.4 Å². The van der Waals surface area contributed by atoms with Crippen LogP contribution < -0.4 is 0 Å². The molecule has 0 bridgehead atoms. The van der Waals surface area contributed by atoms with Crippen LogP contribution in [0.1, 0.15) is 0 Å². The quantitative estimate of drug-likeness (QED) is 0.493. The maximum absolute atomic E-state index is 3.95. The summed E-state index contributed by atoms with van der Waals surface area (Å²) in [4.78, 5) is 10.9. The number of aromatic amines is 2. The molecule has 0 fully saturated rings. The van der Waals surface area contributed by atoms with Gasteiger partial charge in [0.1, 0.15) is 0 Å². The van der Waals surface area contributed by atoms with Crippen LogP contribution in [0.25, 0.3) is 21.8 Å². The van der Waals surface area contributed by atoms with Gasteiger partial charge in [-0.15, -0.1) is 0 Å². The second kappa shape index (κ2) is 4.67. The standard InChI is InChI=1S/C7H6N2.C6H5N3/c1-3-8-5-7-6(1)2-4-9-7;1-2-7-4-6-5(1)3-8-9-6/h1-5,9H;1-4H,(H,8,9). The van der Waals surface area contributed by atoms with Gasteiger partial charge in [0.15, 0.2) is 0 Å². The average Bonchev–Trinajstić information content (AvgIpc) is 3.08. The second-order valence-electron chi connectivity index (χ2n) is 3.77. The third kappa shape index (κ3) is 2.06. The van der Waals surface area contributed by atoms with Gasteiger partial charge < -0.3 is 4.98 Å². The highest BCUT2D eigenvalue weighted by Crippen LogP contribution is 2.07. The molecule has 4 aromatic rings. The van der Waals surface area contributed by atoms with Gasteiger partial charge >= 0.3 is 0 Å². The molecular formula is C13H11N5. The molecule has 0 aliphatic rings. The Morgan fingerprint density at radius 1 is 0.778 bits per heavy atom. The second-order valence-corrected chi connectivity index (χ2v) is 3.77. The number of nitrogens with one attached hydrogen (secondary N) is 2. The lowest BCUT2D eigenvalue weighted by molar-refractivity contribution is 1.11. The Hall–Kier alpha value is -2.69. The van der Waals surface area contributed by atoms with Gasteiger partial charge in [0, 0.05) is 29.4 Å². The lowest BCUT2D eigenvalue weighted by atomic mass is 10.3. The number of pyridine rings is 2. The molecule has 0 saturated carbocycles. The fraction of sp³-hybridized carbons (Fsp3) is 0. The summed E-state index contributed by atoms with van der Waals surface area (Å²) >= 11 is 0. The zero-order chi connectivity index (χ0) is 12.2. The van der Waals surface area contributed by atoms with E-state index in [1.807, 2.05) is 30.6 Å². The Kier molecular flexibility index (Phi) is 2.71. The molecule has 5 heteroatoms. The molecule has 0 amide bonds. The normalized spacial score (nSPS) is 10.2. The van der Waals surface area contributed by atoms with Gasteiger partial charge in [-0.1, -0.05) is 0 Å². The van der Waals surface area contributed by atoms with E-state index in [9.17, 15) is 0 Å². The van der Waals surface area contributed by atoms with Crippen LogP contribution in [0.5, 0.6) is 0 Å². The van der Waals surface area contributed by atoms with Crippen molar-refractivity contribution in [2.75, 3.05) is 0 Å². The first kappa shape index (κ1) is 10.5. The molecule has 4 rings (SSSR count). The summed E-state index contributed by atoms with van der Waals surface area (Å²) < 4.78 is 0.